The van der Waals surface area contributed by atoms with Gasteiger partial charge in [0, 0.05) is 48.0 Å². The molecule has 4 rings (SSSR count). The molecule has 0 aromatic carbocycles. The minimum Gasteiger partial charge on any atom is -0.480 e. The third kappa shape index (κ3) is 5.03. The number of pyridine rings is 3. The van der Waals surface area contributed by atoms with Crippen LogP contribution in [0.2, 0.25) is 0 Å². The van der Waals surface area contributed by atoms with E-state index in [4.69, 9.17) is 15.2 Å². The summed E-state index contributed by atoms with van der Waals surface area (Å²) >= 11 is 0. The summed E-state index contributed by atoms with van der Waals surface area (Å²) in [4.78, 5) is 20.6. The van der Waals surface area contributed by atoms with Gasteiger partial charge in [0.2, 0.25) is 5.88 Å². The van der Waals surface area contributed by atoms with Crippen LogP contribution in [0.4, 0.5) is 10.5 Å². The van der Waals surface area contributed by atoms with Crippen molar-refractivity contribution in [3.63, 3.8) is 0 Å². The highest BCUT2D eigenvalue weighted by atomic mass is 16.6. The predicted octanol–water partition coefficient (Wildman–Crippen LogP) is 4.07. The number of methoxy groups -OCH3 is 1. The molecule has 0 saturated carbocycles. The summed E-state index contributed by atoms with van der Waals surface area (Å²) < 4.78 is 12.2. The van der Waals surface area contributed by atoms with Crippen LogP contribution in [-0.2, 0) is 11.3 Å². The van der Waals surface area contributed by atoms with Crippen LogP contribution in [0.1, 0.15) is 26.3 Å². The molecule has 4 aromatic rings. The summed E-state index contributed by atoms with van der Waals surface area (Å²) in [6.07, 6.45) is 8.41. The van der Waals surface area contributed by atoms with Gasteiger partial charge in [0.15, 0.2) is 0 Å². The van der Waals surface area contributed by atoms with Gasteiger partial charge in [0.05, 0.1) is 24.5 Å². The Labute approximate surface area is 191 Å². The fraction of sp³-hybridized carbons (Fsp3) is 0.250. The number of carbonyl (C=O) groups excluding carboxylic acids is 1. The van der Waals surface area contributed by atoms with Crippen LogP contribution in [0, 0.1) is 0 Å². The Balaban J connectivity index is 1.61. The monoisotopic (exact) mass is 446 g/mol. The molecule has 170 valence electrons. The van der Waals surface area contributed by atoms with Crippen molar-refractivity contribution < 1.29 is 14.3 Å². The summed E-state index contributed by atoms with van der Waals surface area (Å²) in [6, 6.07) is 7.78. The largest absolute Gasteiger partial charge is 0.480 e. The van der Waals surface area contributed by atoms with E-state index in [2.05, 4.69) is 20.4 Å². The average Bonchev–Trinajstić information content (AvgIpc) is 3.20. The molecule has 3 N–H and O–H groups in total. The first-order chi connectivity index (χ1) is 15.7. The summed E-state index contributed by atoms with van der Waals surface area (Å²) in [5.41, 5.74) is 11.3. The molecule has 0 spiro atoms. The van der Waals surface area contributed by atoms with E-state index in [0.29, 0.717) is 18.1 Å². The Bertz CT molecular complexity index is 1310. The molecule has 0 aliphatic heterocycles. The van der Waals surface area contributed by atoms with Crippen LogP contribution in [0.25, 0.3) is 27.8 Å². The lowest BCUT2D eigenvalue weighted by atomic mass is 10.0. The number of nitrogen functional groups attached to an aromatic ring is 1. The van der Waals surface area contributed by atoms with Gasteiger partial charge in [-0.2, -0.15) is 5.10 Å². The van der Waals surface area contributed by atoms with Crippen LogP contribution < -0.4 is 15.8 Å². The van der Waals surface area contributed by atoms with Crippen molar-refractivity contribution in [2.45, 2.75) is 32.9 Å². The van der Waals surface area contributed by atoms with Gasteiger partial charge in [0.1, 0.15) is 5.60 Å². The molecule has 0 aliphatic rings. The van der Waals surface area contributed by atoms with Crippen molar-refractivity contribution in [2.24, 2.45) is 0 Å². The standard InChI is InChI=1S/C24H26N6O3/c1-24(2,3)33-23(31)28-11-15-7-18(12-26-10-15)19-14-29-30-6-5-16(9-21(19)30)17-8-20(25)22(32-4)27-13-17/h5-10,12-14H,11,25H2,1-4H3,(H,28,31). The summed E-state index contributed by atoms with van der Waals surface area (Å²) in [5.74, 6) is 0.396. The normalized spacial score (nSPS) is 11.4. The molecule has 0 atom stereocenters. The maximum absolute atomic E-state index is 12.0. The highest BCUT2D eigenvalue weighted by molar-refractivity contribution is 5.83. The second kappa shape index (κ2) is 8.78. The van der Waals surface area contributed by atoms with Gasteiger partial charge in [-0.3, -0.25) is 4.98 Å². The van der Waals surface area contributed by atoms with E-state index in [1.165, 1.54) is 7.11 Å². The minimum absolute atomic E-state index is 0.303. The number of hydrogen-bond acceptors (Lipinski definition) is 7. The van der Waals surface area contributed by atoms with Crippen LogP contribution in [0.15, 0.2) is 55.2 Å². The van der Waals surface area contributed by atoms with Gasteiger partial charge in [-0.15, -0.1) is 0 Å². The molecule has 0 radical (unpaired) electrons. The topological polar surface area (TPSA) is 117 Å². The molecule has 0 aliphatic carbocycles. The van der Waals surface area contributed by atoms with Crippen molar-refractivity contribution in [1.82, 2.24) is 24.9 Å². The first-order valence-corrected chi connectivity index (χ1v) is 10.4. The number of hydrogen-bond donors (Lipinski definition) is 2. The summed E-state index contributed by atoms with van der Waals surface area (Å²) in [6.45, 7) is 5.77. The number of nitrogens with one attached hydrogen (secondary N) is 1. The van der Waals surface area contributed by atoms with Crippen molar-refractivity contribution in [1.29, 1.82) is 0 Å². The number of amides is 1. The number of fused-ring (bicyclic) bond motifs is 1. The molecule has 9 heteroatoms. The van der Waals surface area contributed by atoms with Crippen LogP contribution >= 0.6 is 0 Å². The summed E-state index contributed by atoms with van der Waals surface area (Å²) in [5, 5.41) is 7.22. The number of nitrogens with two attached hydrogens (primary N) is 1. The van der Waals surface area contributed by atoms with E-state index in [-0.39, 0.29) is 0 Å². The van der Waals surface area contributed by atoms with E-state index in [1.807, 2.05) is 51.2 Å². The molecule has 4 heterocycles. The maximum Gasteiger partial charge on any atom is 0.407 e. The number of nitrogens with zero attached hydrogens (tertiary/aromatic N) is 4. The van der Waals surface area contributed by atoms with E-state index in [9.17, 15) is 4.79 Å². The SMILES string of the molecule is COc1ncc(-c2ccn3ncc(-c4cncc(CNC(=O)OC(C)(C)C)c4)c3c2)cc1N. The van der Waals surface area contributed by atoms with E-state index in [0.717, 1.165) is 33.3 Å². The summed E-state index contributed by atoms with van der Waals surface area (Å²) in [7, 11) is 1.54. The minimum atomic E-state index is -0.553. The highest BCUT2D eigenvalue weighted by Crippen LogP contribution is 2.30. The molecule has 4 aromatic heterocycles. The lowest BCUT2D eigenvalue weighted by molar-refractivity contribution is 0.0523. The molecule has 0 saturated heterocycles. The molecule has 0 unspecified atom stereocenters. The molecule has 9 nitrogen and oxygen atoms in total. The first kappa shape index (κ1) is 22.1. The van der Waals surface area contributed by atoms with Crippen molar-refractivity contribution in [3.8, 4) is 28.1 Å². The van der Waals surface area contributed by atoms with Gasteiger partial charge in [-0.1, -0.05) is 0 Å². The molecular formula is C24H26N6O3. The quantitative estimate of drug-likeness (QED) is 0.474. The molecular weight excluding hydrogens is 420 g/mol. The highest BCUT2D eigenvalue weighted by Gasteiger charge is 2.16. The lowest BCUT2D eigenvalue weighted by Crippen LogP contribution is -2.32. The van der Waals surface area contributed by atoms with Gasteiger partial charge in [-0.25, -0.2) is 14.3 Å². The predicted molar refractivity (Wildman–Crippen MR) is 126 cm³/mol. The Hall–Kier alpha value is -4.14. The Morgan fingerprint density at radius 3 is 2.64 bits per heavy atom. The Morgan fingerprint density at radius 1 is 1.09 bits per heavy atom. The molecule has 33 heavy (non-hydrogen) atoms. The first-order valence-electron chi connectivity index (χ1n) is 10.4. The fourth-order valence-electron chi connectivity index (χ4n) is 3.40. The second-order valence-corrected chi connectivity index (χ2v) is 8.56. The van der Waals surface area contributed by atoms with Crippen molar-refractivity contribution in [2.75, 3.05) is 12.8 Å². The second-order valence-electron chi connectivity index (χ2n) is 8.56. The van der Waals surface area contributed by atoms with Gasteiger partial charge in [0.25, 0.3) is 0 Å². The number of alkyl carbamates (subject to hydrolysis) is 1. The number of rotatable bonds is 5. The number of ether oxygens (including phenoxy) is 2. The van der Waals surface area contributed by atoms with Crippen LogP contribution in [-0.4, -0.2) is 38.4 Å². The molecule has 1 amide bonds. The van der Waals surface area contributed by atoms with Crippen molar-refractivity contribution >= 4 is 17.3 Å². The Morgan fingerprint density at radius 2 is 1.91 bits per heavy atom. The number of anilines is 1. The maximum atomic E-state index is 12.0. The molecule has 0 bridgehead atoms. The zero-order chi connectivity index (χ0) is 23.6. The number of aromatic nitrogens is 4. The van der Waals surface area contributed by atoms with E-state index in [1.54, 1.807) is 29.3 Å². The third-order valence-electron chi connectivity index (χ3n) is 4.87. The average molecular weight is 447 g/mol. The number of carbonyl (C=O) groups is 1. The van der Waals surface area contributed by atoms with Crippen LogP contribution in [0.5, 0.6) is 5.88 Å². The molecule has 0 fully saturated rings. The van der Waals surface area contributed by atoms with E-state index >= 15 is 0 Å². The van der Waals surface area contributed by atoms with Crippen molar-refractivity contribution in [3.05, 3.63) is 60.8 Å². The fourth-order valence-corrected chi connectivity index (χ4v) is 3.40. The Kier molecular flexibility index (Phi) is 5.87. The van der Waals surface area contributed by atoms with Gasteiger partial charge in [-0.05, 0) is 56.2 Å². The smallest absolute Gasteiger partial charge is 0.407 e. The lowest BCUT2D eigenvalue weighted by Gasteiger charge is -2.19. The van der Waals surface area contributed by atoms with E-state index < -0.39 is 11.7 Å². The zero-order valence-electron chi connectivity index (χ0n) is 19.0. The third-order valence-corrected chi connectivity index (χ3v) is 4.87. The van der Waals surface area contributed by atoms with Crippen LogP contribution in [0.3, 0.4) is 0 Å². The van der Waals surface area contributed by atoms with Gasteiger partial charge >= 0.3 is 6.09 Å². The zero-order valence-corrected chi connectivity index (χ0v) is 19.0. The van der Waals surface area contributed by atoms with Gasteiger partial charge < -0.3 is 20.5 Å².